The van der Waals surface area contributed by atoms with E-state index in [9.17, 15) is 9.18 Å². The van der Waals surface area contributed by atoms with Gasteiger partial charge in [0, 0.05) is 42.9 Å². The van der Waals surface area contributed by atoms with E-state index in [0.29, 0.717) is 53.0 Å². The monoisotopic (exact) mass is 539 g/mol. The van der Waals surface area contributed by atoms with Gasteiger partial charge in [0.15, 0.2) is 0 Å². The smallest absolute Gasteiger partial charge is 0.248 e. The third-order valence-electron chi connectivity index (χ3n) is 6.99. The molecule has 1 unspecified atom stereocenters. The van der Waals surface area contributed by atoms with Crippen LogP contribution in [0.3, 0.4) is 0 Å². The average Bonchev–Trinajstić information content (AvgIpc) is 3.31. The first-order chi connectivity index (χ1) is 18.5. The number of anilines is 3. The van der Waals surface area contributed by atoms with Gasteiger partial charge in [-0.05, 0) is 62.9 Å². The van der Waals surface area contributed by atoms with Gasteiger partial charge in [0.25, 0.3) is 0 Å². The van der Waals surface area contributed by atoms with Crippen LogP contribution in [0.5, 0.6) is 5.75 Å². The fraction of sp³-hybridized carbons (Fsp3) is 0.393. The number of ether oxygens (including phenoxy) is 2. The molecule has 38 heavy (non-hydrogen) atoms. The number of methoxy groups -OCH3 is 1. The summed E-state index contributed by atoms with van der Waals surface area (Å²) < 4.78 is 25.1. The molecule has 10 heteroatoms. The second-order valence-electron chi connectivity index (χ2n) is 9.65. The standard InChI is InChI=1S/C28H31ClFN5O3/c1-37-16-19-5-3-11-35(19)12-4-8-27(36)34-25-14-21-24(15-26(25)38-20-6-2-7-20)31-17-32-28(21)33-18-9-10-23(30)22(29)13-18/h4,8-10,13-15,17,19-20H,2-3,5-7,11-12,16H2,1H3,(H,34,36)(H,31,32,33). The summed E-state index contributed by atoms with van der Waals surface area (Å²) in [5.74, 6) is 0.316. The lowest BCUT2D eigenvalue weighted by atomic mass is 9.96. The first-order valence-electron chi connectivity index (χ1n) is 12.9. The largest absolute Gasteiger partial charge is 0.488 e. The topological polar surface area (TPSA) is 88.6 Å². The van der Waals surface area contributed by atoms with E-state index < -0.39 is 5.82 Å². The number of nitrogens with one attached hydrogen (secondary N) is 2. The Hall–Kier alpha value is -3.27. The van der Waals surface area contributed by atoms with Crippen molar-refractivity contribution in [2.24, 2.45) is 0 Å². The summed E-state index contributed by atoms with van der Waals surface area (Å²) in [5.41, 5.74) is 1.76. The highest BCUT2D eigenvalue weighted by Gasteiger charge is 2.24. The minimum atomic E-state index is -0.500. The highest BCUT2D eigenvalue weighted by atomic mass is 35.5. The molecule has 1 saturated heterocycles. The average molecular weight is 540 g/mol. The Balaban J connectivity index is 1.37. The summed E-state index contributed by atoms with van der Waals surface area (Å²) in [4.78, 5) is 24.0. The molecule has 2 aromatic carbocycles. The van der Waals surface area contributed by atoms with Crippen LogP contribution in [0.1, 0.15) is 32.1 Å². The van der Waals surface area contributed by atoms with E-state index in [2.05, 4.69) is 25.5 Å². The minimum Gasteiger partial charge on any atom is -0.488 e. The van der Waals surface area contributed by atoms with Crippen molar-refractivity contribution in [1.29, 1.82) is 0 Å². The molecule has 2 aliphatic rings. The summed E-state index contributed by atoms with van der Waals surface area (Å²) in [6.45, 7) is 2.38. The summed E-state index contributed by atoms with van der Waals surface area (Å²) in [7, 11) is 1.72. The summed E-state index contributed by atoms with van der Waals surface area (Å²) in [5, 5.41) is 6.83. The first-order valence-corrected chi connectivity index (χ1v) is 13.3. The predicted molar refractivity (Wildman–Crippen MR) is 147 cm³/mol. The van der Waals surface area contributed by atoms with Gasteiger partial charge in [-0.25, -0.2) is 14.4 Å². The quantitative estimate of drug-likeness (QED) is 0.319. The molecular formula is C28H31ClFN5O3. The van der Waals surface area contributed by atoms with Crippen LogP contribution < -0.4 is 15.4 Å². The Morgan fingerprint density at radius 2 is 2.08 bits per heavy atom. The van der Waals surface area contributed by atoms with E-state index in [1.165, 1.54) is 18.5 Å². The lowest BCUT2D eigenvalue weighted by Gasteiger charge is -2.27. The molecule has 200 valence electrons. The van der Waals surface area contributed by atoms with Crippen LogP contribution in [0.4, 0.5) is 21.6 Å². The van der Waals surface area contributed by atoms with Gasteiger partial charge in [-0.3, -0.25) is 9.69 Å². The maximum Gasteiger partial charge on any atom is 0.248 e. The van der Waals surface area contributed by atoms with Crippen molar-refractivity contribution >= 4 is 45.6 Å². The SMILES string of the molecule is COCC1CCCN1CC=CC(=O)Nc1cc2c(Nc3ccc(F)c(Cl)c3)ncnc2cc1OC1CCC1. The molecule has 0 spiro atoms. The predicted octanol–water partition coefficient (Wildman–Crippen LogP) is 5.70. The molecular weight excluding hydrogens is 509 g/mol. The molecule has 1 aliphatic carbocycles. The molecule has 1 atom stereocenters. The number of halogens is 2. The molecule has 0 bridgehead atoms. The van der Waals surface area contributed by atoms with Gasteiger partial charge >= 0.3 is 0 Å². The Morgan fingerprint density at radius 3 is 2.84 bits per heavy atom. The second kappa shape index (κ2) is 12.1. The van der Waals surface area contributed by atoms with Gasteiger partial charge in [-0.15, -0.1) is 0 Å². The third-order valence-corrected chi connectivity index (χ3v) is 7.28. The lowest BCUT2D eigenvalue weighted by Crippen LogP contribution is -2.33. The number of amides is 1. The zero-order valence-electron chi connectivity index (χ0n) is 21.3. The number of aromatic nitrogens is 2. The number of fused-ring (bicyclic) bond motifs is 1. The molecule has 1 aliphatic heterocycles. The van der Waals surface area contributed by atoms with Crippen LogP contribution in [-0.4, -0.2) is 59.7 Å². The molecule has 2 N–H and O–H groups in total. The molecule has 1 aromatic heterocycles. The van der Waals surface area contributed by atoms with Gasteiger partial charge in [-0.1, -0.05) is 17.7 Å². The Labute approximate surface area is 226 Å². The fourth-order valence-corrected chi connectivity index (χ4v) is 4.92. The number of rotatable bonds is 10. The Morgan fingerprint density at radius 1 is 1.21 bits per heavy atom. The molecule has 0 radical (unpaired) electrons. The maximum atomic E-state index is 13.6. The first kappa shape index (κ1) is 26.3. The number of hydrogen-bond donors (Lipinski definition) is 2. The van der Waals surface area contributed by atoms with Crippen molar-refractivity contribution in [2.45, 2.75) is 44.2 Å². The third kappa shape index (κ3) is 6.23. The van der Waals surface area contributed by atoms with Crippen molar-refractivity contribution in [3.63, 3.8) is 0 Å². The summed E-state index contributed by atoms with van der Waals surface area (Å²) >= 11 is 5.95. The molecule has 8 nitrogen and oxygen atoms in total. The second-order valence-corrected chi connectivity index (χ2v) is 10.1. The minimum absolute atomic E-state index is 0.00626. The Bertz CT molecular complexity index is 1330. The highest BCUT2D eigenvalue weighted by Crippen LogP contribution is 2.36. The van der Waals surface area contributed by atoms with E-state index in [4.69, 9.17) is 21.1 Å². The van der Waals surface area contributed by atoms with E-state index in [1.807, 2.05) is 12.1 Å². The van der Waals surface area contributed by atoms with Gasteiger partial charge in [0.2, 0.25) is 5.91 Å². The van der Waals surface area contributed by atoms with Gasteiger partial charge in [-0.2, -0.15) is 0 Å². The van der Waals surface area contributed by atoms with Crippen molar-refractivity contribution in [1.82, 2.24) is 14.9 Å². The van der Waals surface area contributed by atoms with Gasteiger partial charge in [0.1, 0.15) is 23.7 Å². The number of carbonyl (C=O) groups is 1. The zero-order valence-corrected chi connectivity index (χ0v) is 22.0. The molecule has 2 heterocycles. The van der Waals surface area contributed by atoms with Crippen LogP contribution in [0.15, 0.2) is 48.8 Å². The fourth-order valence-electron chi connectivity index (χ4n) is 4.74. The number of benzene rings is 2. The van der Waals surface area contributed by atoms with Crippen LogP contribution in [-0.2, 0) is 9.53 Å². The number of carbonyl (C=O) groups excluding carboxylic acids is 1. The van der Waals surface area contributed by atoms with Crippen molar-refractivity contribution in [2.75, 3.05) is 37.4 Å². The molecule has 2 fully saturated rings. The number of hydrogen-bond acceptors (Lipinski definition) is 7. The van der Waals surface area contributed by atoms with E-state index in [-0.39, 0.29) is 17.0 Å². The van der Waals surface area contributed by atoms with Crippen LogP contribution in [0.2, 0.25) is 5.02 Å². The number of nitrogens with zero attached hydrogens (tertiary/aromatic N) is 3. The molecule has 1 amide bonds. The summed E-state index contributed by atoms with van der Waals surface area (Å²) in [6, 6.07) is 8.36. The molecule has 5 rings (SSSR count). The van der Waals surface area contributed by atoms with E-state index in [1.54, 1.807) is 25.3 Å². The van der Waals surface area contributed by atoms with Crippen LogP contribution in [0, 0.1) is 5.82 Å². The van der Waals surface area contributed by atoms with Crippen molar-refractivity contribution in [3.8, 4) is 5.75 Å². The van der Waals surface area contributed by atoms with Crippen molar-refractivity contribution < 1.29 is 18.7 Å². The lowest BCUT2D eigenvalue weighted by molar-refractivity contribution is -0.111. The number of likely N-dealkylation sites (tertiary alicyclic amines) is 1. The normalized spacial score (nSPS) is 18.1. The van der Waals surface area contributed by atoms with Gasteiger partial charge in [0.05, 0.1) is 28.9 Å². The van der Waals surface area contributed by atoms with Crippen LogP contribution >= 0.6 is 11.6 Å². The molecule has 1 saturated carbocycles. The molecule has 3 aromatic rings. The van der Waals surface area contributed by atoms with E-state index in [0.717, 1.165) is 38.6 Å². The van der Waals surface area contributed by atoms with E-state index >= 15 is 0 Å². The van der Waals surface area contributed by atoms with Crippen LogP contribution in [0.25, 0.3) is 10.9 Å². The summed E-state index contributed by atoms with van der Waals surface area (Å²) in [6.07, 6.45) is 10.3. The highest BCUT2D eigenvalue weighted by molar-refractivity contribution is 6.31. The zero-order chi connectivity index (χ0) is 26.5. The van der Waals surface area contributed by atoms with Gasteiger partial charge < -0.3 is 20.1 Å². The Kier molecular flexibility index (Phi) is 8.36. The maximum absolute atomic E-state index is 13.6. The van der Waals surface area contributed by atoms with Crippen molar-refractivity contribution in [3.05, 3.63) is 59.7 Å².